The van der Waals surface area contributed by atoms with Gasteiger partial charge in [0.15, 0.2) is 0 Å². The van der Waals surface area contributed by atoms with Gasteiger partial charge in [-0.25, -0.2) is 0 Å². The molecule has 0 radical (unpaired) electrons. The highest BCUT2D eigenvalue weighted by molar-refractivity contribution is 7.80. The molecule has 19 heavy (non-hydrogen) atoms. The molecular formula is C13H15ClN2O2S. The number of thiocarbonyl (C=S) groups is 1. The van der Waals surface area contributed by atoms with E-state index in [1.165, 1.54) is 0 Å². The number of carbonyl (C=O) groups excluding carboxylic acids is 1. The molecule has 0 saturated carbocycles. The van der Waals surface area contributed by atoms with E-state index in [1.807, 2.05) is 6.92 Å². The number of hydrogen-bond acceptors (Lipinski definition) is 3. The third kappa shape index (κ3) is 3.43. The van der Waals surface area contributed by atoms with Crippen molar-refractivity contribution in [3.63, 3.8) is 0 Å². The van der Waals surface area contributed by atoms with Crippen molar-refractivity contribution >= 4 is 40.4 Å². The van der Waals surface area contributed by atoms with Gasteiger partial charge in [0, 0.05) is 10.6 Å². The Kier molecular flexibility index (Phi) is 4.39. The normalized spacial score (nSPS) is 22.2. The molecule has 1 amide bonds. The number of rotatable bonds is 3. The van der Waals surface area contributed by atoms with Crippen LogP contribution in [-0.4, -0.2) is 23.1 Å². The summed E-state index contributed by atoms with van der Waals surface area (Å²) >= 11 is 10.9. The number of benzene rings is 1. The first-order chi connectivity index (χ1) is 8.97. The topological polar surface area (TPSA) is 64.4 Å². The minimum absolute atomic E-state index is 0.116. The van der Waals surface area contributed by atoms with Gasteiger partial charge >= 0.3 is 0 Å². The summed E-state index contributed by atoms with van der Waals surface area (Å²) in [6.07, 6.45) is 1.30. The van der Waals surface area contributed by atoms with Crippen LogP contribution in [0.25, 0.3) is 0 Å². The zero-order chi connectivity index (χ0) is 14.0. The highest BCUT2D eigenvalue weighted by Gasteiger charge is 2.28. The molecule has 2 rings (SSSR count). The predicted molar refractivity (Wildman–Crippen MR) is 79.5 cm³/mol. The Bertz CT molecular complexity index is 521. The number of ether oxygens (including phenoxy) is 1. The van der Waals surface area contributed by atoms with Crippen LogP contribution in [-0.2, 0) is 9.53 Å². The van der Waals surface area contributed by atoms with Crippen molar-refractivity contribution in [2.75, 3.05) is 5.32 Å². The van der Waals surface area contributed by atoms with E-state index in [-0.39, 0.29) is 17.0 Å². The summed E-state index contributed by atoms with van der Waals surface area (Å²) in [7, 11) is 0. The first kappa shape index (κ1) is 14.2. The molecule has 6 heteroatoms. The van der Waals surface area contributed by atoms with Crippen LogP contribution in [0.3, 0.4) is 0 Å². The largest absolute Gasteiger partial charge is 0.389 e. The van der Waals surface area contributed by atoms with Crippen molar-refractivity contribution in [2.24, 2.45) is 5.73 Å². The molecule has 3 N–H and O–H groups in total. The van der Waals surface area contributed by atoms with E-state index >= 15 is 0 Å². The summed E-state index contributed by atoms with van der Waals surface area (Å²) in [4.78, 5) is 12.3. The van der Waals surface area contributed by atoms with Gasteiger partial charge in [-0.05, 0) is 38.0 Å². The molecule has 1 aromatic rings. The summed E-state index contributed by atoms with van der Waals surface area (Å²) in [6.45, 7) is 1.95. The average Bonchev–Trinajstić information content (AvgIpc) is 2.75. The highest BCUT2D eigenvalue weighted by atomic mass is 35.5. The van der Waals surface area contributed by atoms with Gasteiger partial charge in [-0.2, -0.15) is 0 Å². The van der Waals surface area contributed by atoms with Gasteiger partial charge in [-0.1, -0.05) is 23.8 Å². The molecule has 1 aliphatic heterocycles. The smallest absolute Gasteiger partial charge is 0.253 e. The van der Waals surface area contributed by atoms with Crippen molar-refractivity contribution in [1.29, 1.82) is 0 Å². The maximum atomic E-state index is 12.1. The number of anilines is 1. The van der Waals surface area contributed by atoms with Crippen LogP contribution in [0, 0.1) is 0 Å². The summed E-state index contributed by atoms with van der Waals surface area (Å²) in [5, 5.41) is 3.29. The molecule has 4 nitrogen and oxygen atoms in total. The van der Waals surface area contributed by atoms with Crippen LogP contribution in [0.5, 0.6) is 0 Å². The first-order valence-corrected chi connectivity index (χ1v) is 6.81. The van der Waals surface area contributed by atoms with E-state index in [4.69, 9.17) is 34.3 Å². The Balaban J connectivity index is 2.16. The van der Waals surface area contributed by atoms with Crippen molar-refractivity contribution in [1.82, 2.24) is 0 Å². The quantitative estimate of drug-likeness (QED) is 0.842. The number of amides is 1. The third-order valence-electron chi connectivity index (χ3n) is 3.03. The Morgan fingerprint density at radius 2 is 2.26 bits per heavy atom. The third-order valence-corrected chi connectivity index (χ3v) is 3.48. The van der Waals surface area contributed by atoms with Crippen LogP contribution in [0.1, 0.15) is 25.3 Å². The van der Waals surface area contributed by atoms with Gasteiger partial charge in [-0.15, -0.1) is 0 Å². The van der Waals surface area contributed by atoms with Crippen molar-refractivity contribution < 1.29 is 9.53 Å². The van der Waals surface area contributed by atoms with Gasteiger partial charge in [0.1, 0.15) is 11.1 Å². The molecule has 1 aromatic carbocycles. The van der Waals surface area contributed by atoms with Crippen LogP contribution in [0.4, 0.5) is 5.69 Å². The van der Waals surface area contributed by atoms with Crippen molar-refractivity contribution in [3.8, 4) is 0 Å². The lowest BCUT2D eigenvalue weighted by Gasteiger charge is -2.14. The van der Waals surface area contributed by atoms with Crippen LogP contribution >= 0.6 is 23.8 Å². The minimum atomic E-state index is -0.423. The molecule has 0 bridgehead atoms. The fourth-order valence-corrected chi connectivity index (χ4v) is 2.39. The molecule has 1 fully saturated rings. The van der Waals surface area contributed by atoms with Gasteiger partial charge in [0.2, 0.25) is 0 Å². The van der Waals surface area contributed by atoms with E-state index in [0.29, 0.717) is 16.3 Å². The van der Waals surface area contributed by atoms with Crippen molar-refractivity contribution in [3.05, 3.63) is 28.8 Å². The minimum Gasteiger partial charge on any atom is -0.389 e. The molecule has 0 aliphatic carbocycles. The number of carbonyl (C=O) groups is 1. The second-order valence-electron chi connectivity index (χ2n) is 4.56. The molecule has 1 aliphatic rings. The molecule has 0 spiro atoms. The number of hydrogen-bond donors (Lipinski definition) is 2. The van der Waals surface area contributed by atoms with Gasteiger partial charge in [0.25, 0.3) is 5.91 Å². The van der Waals surface area contributed by atoms with Crippen molar-refractivity contribution in [2.45, 2.75) is 32.0 Å². The Hall–Kier alpha value is -1.17. The Morgan fingerprint density at radius 1 is 1.53 bits per heavy atom. The lowest BCUT2D eigenvalue weighted by molar-refractivity contribution is -0.126. The predicted octanol–water partition coefficient (Wildman–Crippen LogP) is 2.48. The number of halogens is 1. The molecule has 102 valence electrons. The second-order valence-corrected chi connectivity index (χ2v) is 5.43. The fraction of sp³-hybridized carbons (Fsp3) is 0.385. The fourth-order valence-electron chi connectivity index (χ4n) is 2.04. The molecule has 2 atom stereocenters. The first-order valence-electron chi connectivity index (χ1n) is 6.03. The monoisotopic (exact) mass is 298 g/mol. The van der Waals surface area contributed by atoms with Crippen LogP contribution in [0.15, 0.2) is 18.2 Å². The van der Waals surface area contributed by atoms with E-state index in [1.54, 1.807) is 18.2 Å². The van der Waals surface area contributed by atoms with Gasteiger partial charge in [0.05, 0.1) is 11.8 Å². The van der Waals surface area contributed by atoms with Gasteiger partial charge < -0.3 is 15.8 Å². The van der Waals surface area contributed by atoms with Gasteiger partial charge in [-0.3, -0.25) is 4.79 Å². The SMILES string of the molecule is CC1CCC(C(=O)Nc2cc(Cl)ccc2C(N)=S)O1. The van der Waals surface area contributed by atoms with E-state index < -0.39 is 6.10 Å². The lowest BCUT2D eigenvalue weighted by Crippen LogP contribution is -2.28. The van der Waals surface area contributed by atoms with E-state index in [0.717, 1.165) is 12.8 Å². The Labute approximate surface area is 122 Å². The summed E-state index contributed by atoms with van der Waals surface area (Å²) in [6, 6.07) is 5.00. The lowest BCUT2D eigenvalue weighted by atomic mass is 10.1. The number of nitrogens with one attached hydrogen (secondary N) is 1. The maximum absolute atomic E-state index is 12.1. The summed E-state index contributed by atoms with van der Waals surface area (Å²) in [5.41, 5.74) is 6.74. The van der Waals surface area contributed by atoms with E-state index in [2.05, 4.69) is 5.32 Å². The zero-order valence-electron chi connectivity index (χ0n) is 10.5. The maximum Gasteiger partial charge on any atom is 0.253 e. The molecule has 1 heterocycles. The van der Waals surface area contributed by atoms with E-state index in [9.17, 15) is 4.79 Å². The standard InChI is InChI=1S/C13H15ClN2O2S/c1-7-2-5-11(18-7)13(17)16-10-6-8(14)3-4-9(10)12(15)19/h3-4,6-7,11H,2,5H2,1H3,(H2,15,19)(H,16,17). The van der Waals surface area contributed by atoms with Crippen LogP contribution < -0.4 is 11.1 Å². The Morgan fingerprint density at radius 3 is 2.84 bits per heavy atom. The summed E-state index contributed by atoms with van der Waals surface area (Å²) < 4.78 is 5.52. The molecule has 1 saturated heterocycles. The zero-order valence-corrected chi connectivity index (χ0v) is 12.1. The molecule has 0 aromatic heterocycles. The molecule has 2 unspecified atom stereocenters. The molecular weight excluding hydrogens is 284 g/mol. The highest BCUT2D eigenvalue weighted by Crippen LogP contribution is 2.24. The average molecular weight is 299 g/mol. The summed E-state index contributed by atoms with van der Waals surface area (Å²) in [5.74, 6) is -0.191. The van der Waals surface area contributed by atoms with Crippen LogP contribution in [0.2, 0.25) is 5.02 Å². The second kappa shape index (κ2) is 5.86. The number of nitrogens with two attached hydrogens (primary N) is 1.